The summed E-state index contributed by atoms with van der Waals surface area (Å²) in [5, 5.41) is 7.66. The molecule has 0 spiro atoms. The summed E-state index contributed by atoms with van der Waals surface area (Å²) in [6.45, 7) is 2.33. The van der Waals surface area contributed by atoms with Crippen LogP contribution in [0.5, 0.6) is 0 Å². The third kappa shape index (κ3) is 5.59. The van der Waals surface area contributed by atoms with Gasteiger partial charge in [0.05, 0.1) is 17.0 Å². The molecule has 0 aliphatic carbocycles. The fraction of sp³-hybridized carbons (Fsp3) is 0.154. The molecule has 7 nitrogen and oxygen atoms in total. The Labute approximate surface area is 199 Å². The smallest absolute Gasteiger partial charge is 0.255 e. The van der Waals surface area contributed by atoms with E-state index in [2.05, 4.69) is 10.0 Å². The number of benzene rings is 3. The Morgan fingerprint density at radius 1 is 0.912 bits per heavy atom. The maximum Gasteiger partial charge on any atom is 0.255 e. The van der Waals surface area contributed by atoms with Crippen molar-refractivity contribution in [2.75, 3.05) is 7.05 Å². The summed E-state index contributed by atoms with van der Waals surface area (Å²) >= 11 is 0. The molecule has 1 amide bonds. The number of nitrogens with one attached hydrogen (secondary N) is 2. The van der Waals surface area contributed by atoms with Gasteiger partial charge in [-0.1, -0.05) is 72.3 Å². The second-order valence-corrected chi connectivity index (χ2v) is 9.93. The fourth-order valence-electron chi connectivity index (χ4n) is 3.50. The number of sulfonamides is 1. The number of carbonyl (C=O) groups excluding carboxylic acids is 1. The number of aryl methyl sites for hydroxylation is 1. The van der Waals surface area contributed by atoms with Crippen LogP contribution in [0.15, 0.2) is 85.1 Å². The second-order valence-electron chi connectivity index (χ2n) is 8.00. The van der Waals surface area contributed by atoms with Gasteiger partial charge in [-0.05, 0) is 37.2 Å². The molecule has 3 aromatic carbocycles. The first-order valence-corrected chi connectivity index (χ1v) is 12.5. The molecule has 0 aliphatic heterocycles. The summed E-state index contributed by atoms with van der Waals surface area (Å²) < 4.78 is 27.5. The predicted octanol–water partition coefficient (Wildman–Crippen LogP) is 3.83. The number of hydrogen-bond donors (Lipinski definition) is 2. The lowest BCUT2D eigenvalue weighted by molar-refractivity contribution is 0.0951. The Morgan fingerprint density at radius 3 is 2.21 bits per heavy atom. The summed E-state index contributed by atoms with van der Waals surface area (Å²) in [4.78, 5) is 13.2. The second kappa shape index (κ2) is 10.0. The van der Waals surface area contributed by atoms with Crippen molar-refractivity contribution in [3.63, 3.8) is 0 Å². The number of hydrogen-bond acceptors (Lipinski definition) is 4. The summed E-state index contributed by atoms with van der Waals surface area (Å²) in [7, 11) is -1.94. The van der Waals surface area contributed by atoms with Gasteiger partial charge < -0.3 is 5.32 Å². The van der Waals surface area contributed by atoms with Crippen molar-refractivity contribution in [3.8, 4) is 16.9 Å². The normalized spacial score (nSPS) is 11.4. The molecule has 4 rings (SSSR count). The van der Waals surface area contributed by atoms with Crippen molar-refractivity contribution < 1.29 is 13.2 Å². The van der Waals surface area contributed by atoms with Crippen LogP contribution in [0.25, 0.3) is 16.9 Å². The van der Waals surface area contributed by atoms with Crippen LogP contribution in [0.1, 0.15) is 27.0 Å². The van der Waals surface area contributed by atoms with E-state index in [0.717, 1.165) is 22.4 Å². The monoisotopic (exact) mass is 474 g/mol. The topological polar surface area (TPSA) is 93.1 Å². The van der Waals surface area contributed by atoms with Crippen molar-refractivity contribution >= 4 is 15.9 Å². The van der Waals surface area contributed by atoms with Gasteiger partial charge in [-0.2, -0.15) is 5.10 Å². The van der Waals surface area contributed by atoms with Gasteiger partial charge in [-0.3, -0.25) is 4.79 Å². The van der Waals surface area contributed by atoms with E-state index in [1.165, 1.54) is 7.05 Å². The average molecular weight is 475 g/mol. The molecule has 2 N–H and O–H groups in total. The predicted molar refractivity (Wildman–Crippen MR) is 133 cm³/mol. The van der Waals surface area contributed by atoms with E-state index in [1.807, 2.05) is 73.7 Å². The maximum atomic E-state index is 13.2. The number of amides is 1. The van der Waals surface area contributed by atoms with Gasteiger partial charge in [-0.15, -0.1) is 0 Å². The summed E-state index contributed by atoms with van der Waals surface area (Å²) in [5.41, 5.74) is 5.49. The molecule has 8 heteroatoms. The van der Waals surface area contributed by atoms with Crippen molar-refractivity contribution in [2.45, 2.75) is 19.2 Å². The number of nitrogens with zero attached hydrogens (tertiary/aromatic N) is 2. The molecule has 0 aliphatic rings. The SMILES string of the molecule is CNS(=O)(=O)Cc1ccc(CNC(=O)c2cn(-c3ccc(C)cc3)nc2-c2ccccc2)cc1. The molecular formula is C26H26N4O3S. The summed E-state index contributed by atoms with van der Waals surface area (Å²) in [5.74, 6) is -0.326. The summed E-state index contributed by atoms with van der Waals surface area (Å²) in [6, 6.07) is 24.7. The number of rotatable bonds is 8. The quantitative estimate of drug-likeness (QED) is 0.406. The number of carbonyl (C=O) groups is 1. The van der Waals surface area contributed by atoms with Crippen molar-refractivity contribution in [3.05, 3.63) is 107 Å². The minimum atomic E-state index is -3.33. The highest BCUT2D eigenvalue weighted by Crippen LogP contribution is 2.24. The van der Waals surface area contributed by atoms with E-state index < -0.39 is 10.0 Å². The van der Waals surface area contributed by atoms with E-state index in [4.69, 9.17) is 5.10 Å². The van der Waals surface area contributed by atoms with Gasteiger partial charge in [-0.25, -0.2) is 17.8 Å². The zero-order chi connectivity index (χ0) is 24.1. The molecule has 0 radical (unpaired) electrons. The van der Waals surface area contributed by atoms with Crippen LogP contribution in [0, 0.1) is 6.92 Å². The molecule has 0 bridgehead atoms. The average Bonchev–Trinajstić information content (AvgIpc) is 3.30. The molecule has 174 valence electrons. The third-order valence-corrected chi connectivity index (χ3v) is 6.78. The Morgan fingerprint density at radius 2 is 1.56 bits per heavy atom. The molecule has 4 aromatic rings. The van der Waals surface area contributed by atoms with Crippen LogP contribution in [-0.4, -0.2) is 31.2 Å². The zero-order valence-corrected chi connectivity index (χ0v) is 19.8. The fourth-order valence-corrected chi connectivity index (χ4v) is 4.28. The van der Waals surface area contributed by atoms with Gasteiger partial charge in [0.15, 0.2) is 0 Å². The molecule has 0 fully saturated rings. The standard InChI is InChI=1S/C26H26N4O3S/c1-19-8-14-23(15-9-19)30-17-24(25(29-30)22-6-4-3-5-7-22)26(31)28-16-20-10-12-21(13-11-20)18-34(32,33)27-2/h3-15,17,27H,16,18H2,1-2H3,(H,28,31). The largest absolute Gasteiger partial charge is 0.348 e. The molecule has 0 atom stereocenters. The molecular weight excluding hydrogens is 448 g/mol. The van der Waals surface area contributed by atoms with Crippen LogP contribution in [0.4, 0.5) is 0 Å². The Balaban J connectivity index is 1.54. The Hall–Kier alpha value is -3.75. The van der Waals surface area contributed by atoms with Gasteiger partial charge in [0, 0.05) is 18.3 Å². The first kappa shape index (κ1) is 23.4. The van der Waals surface area contributed by atoms with Crippen molar-refractivity contribution in [2.24, 2.45) is 0 Å². The molecule has 1 heterocycles. The lowest BCUT2D eigenvalue weighted by Gasteiger charge is -2.07. The minimum absolute atomic E-state index is 0.0885. The van der Waals surface area contributed by atoms with E-state index in [-0.39, 0.29) is 11.7 Å². The first-order valence-electron chi connectivity index (χ1n) is 10.8. The van der Waals surface area contributed by atoms with Crippen LogP contribution >= 0.6 is 0 Å². The van der Waals surface area contributed by atoms with Crippen LogP contribution in [0.3, 0.4) is 0 Å². The van der Waals surface area contributed by atoms with Gasteiger partial charge in [0.25, 0.3) is 5.91 Å². The third-order valence-electron chi connectivity index (χ3n) is 5.45. The minimum Gasteiger partial charge on any atom is -0.348 e. The Kier molecular flexibility index (Phi) is 6.90. The van der Waals surface area contributed by atoms with E-state index >= 15 is 0 Å². The Bertz CT molecular complexity index is 1380. The van der Waals surface area contributed by atoms with Crippen LogP contribution < -0.4 is 10.0 Å². The molecule has 0 saturated carbocycles. The number of aromatic nitrogens is 2. The zero-order valence-electron chi connectivity index (χ0n) is 19.0. The van der Waals surface area contributed by atoms with Crippen molar-refractivity contribution in [1.82, 2.24) is 19.8 Å². The lowest BCUT2D eigenvalue weighted by Crippen LogP contribution is -2.23. The molecule has 34 heavy (non-hydrogen) atoms. The van der Waals surface area contributed by atoms with Gasteiger partial charge in [0.2, 0.25) is 10.0 Å². The molecule has 0 unspecified atom stereocenters. The first-order chi connectivity index (χ1) is 16.3. The highest BCUT2D eigenvalue weighted by molar-refractivity contribution is 7.88. The van der Waals surface area contributed by atoms with Crippen LogP contribution in [0.2, 0.25) is 0 Å². The van der Waals surface area contributed by atoms with Gasteiger partial charge >= 0.3 is 0 Å². The van der Waals surface area contributed by atoms with E-state index in [0.29, 0.717) is 23.4 Å². The highest BCUT2D eigenvalue weighted by atomic mass is 32.2. The maximum absolute atomic E-state index is 13.2. The highest BCUT2D eigenvalue weighted by Gasteiger charge is 2.18. The molecule has 1 aromatic heterocycles. The lowest BCUT2D eigenvalue weighted by atomic mass is 10.1. The summed E-state index contributed by atoms with van der Waals surface area (Å²) in [6.07, 6.45) is 1.74. The molecule has 0 saturated heterocycles. The van der Waals surface area contributed by atoms with Crippen molar-refractivity contribution in [1.29, 1.82) is 0 Å². The van der Waals surface area contributed by atoms with Gasteiger partial charge in [0.1, 0.15) is 5.69 Å². The van der Waals surface area contributed by atoms with Crippen LogP contribution in [-0.2, 0) is 22.3 Å². The van der Waals surface area contributed by atoms with E-state index in [9.17, 15) is 13.2 Å². The van der Waals surface area contributed by atoms with E-state index in [1.54, 1.807) is 23.0 Å².